The highest BCUT2D eigenvalue weighted by atomic mass is 32.2. The van der Waals surface area contributed by atoms with Crippen molar-refractivity contribution >= 4 is 23.6 Å². The van der Waals surface area contributed by atoms with E-state index in [0.717, 1.165) is 12.2 Å². The number of carboxylic acid groups (broad SMARTS) is 1. The molecule has 0 saturated carbocycles. The summed E-state index contributed by atoms with van der Waals surface area (Å²) in [4.78, 5) is 24.0. The maximum Gasteiger partial charge on any atom is 0.304 e. The molecule has 0 heterocycles. The Kier molecular flexibility index (Phi) is 10.2. The molecule has 0 aliphatic heterocycles. The molecule has 17 heavy (non-hydrogen) atoms. The number of nitrogens with one attached hydrogen (secondary N) is 1. The number of thioether (sulfide) groups is 1. The number of carbonyl (C=O) groups excluding carboxylic acids is 1. The number of hydrogen-bond acceptors (Lipinski definition) is 4. The van der Waals surface area contributed by atoms with Gasteiger partial charge in [0, 0.05) is 30.2 Å². The zero-order valence-corrected chi connectivity index (χ0v) is 10.3. The van der Waals surface area contributed by atoms with Gasteiger partial charge < -0.3 is 10.4 Å². The Morgan fingerprint density at radius 3 is 2.76 bits per heavy atom. The first-order valence-electron chi connectivity index (χ1n) is 5.24. The van der Waals surface area contributed by atoms with Gasteiger partial charge in [-0.2, -0.15) is 11.8 Å². The van der Waals surface area contributed by atoms with Gasteiger partial charge >= 0.3 is 5.97 Å². The zero-order valence-electron chi connectivity index (χ0n) is 9.46. The summed E-state index contributed by atoms with van der Waals surface area (Å²) in [7, 11) is 0. The van der Waals surface area contributed by atoms with Crippen LogP contribution in [-0.2, 0) is 9.59 Å². The molecule has 2 N–H and O–H groups in total. The third kappa shape index (κ3) is 12.5. The van der Waals surface area contributed by atoms with E-state index in [-0.39, 0.29) is 18.9 Å². The first-order valence-corrected chi connectivity index (χ1v) is 6.39. The molecule has 0 aliphatic carbocycles. The summed E-state index contributed by atoms with van der Waals surface area (Å²) in [6.45, 7) is 0.616. The van der Waals surface area contributed by atoms with Crippen molar-refractivity contribution in [1.82, 2.24) is 5.32 Å². The number of rotatable bonds is 10. The van der Waals surface area contributed by atoms with Crippen LogP contribution in [0.2, 0.25) is 0 Å². The van der Waals surface area contributed by atoms with E-state index in [1.165, 1.54) is 11.8 Å². The van der Waals surface area contributed by atoms with Gasteiger partial charge in [0.1, 0.15) is 0 Å². The second-order valence-corrected chi connectivity index (χ2v) is 4.39. The Bertz CT molecular complexity index is 292. The SMILES string of the molecule is [N-]=[N+]=NCCNC(=O)CCCSCCC(=O)O. The van der Waals surface area contributed by atoms with Crippen molar-refractivity contribution in [3.8, 4) is 0 Å². The van der Waals surface area contributed by atoms with E-state index in [1.54, 1.807) is 0 Å². The molecular weight excluding hydrogens is 244 g/mol. The lowest BCUT2D eigenvalue weighted by molar-refractivity contribution is -0.136. The maximum atomic E-state index is 11.2. The minimum atomic E-state index is -0.798. The summed E-state index contributed by atoms with van der Waals surface area (Å²) >= 11 is 1.53. The van der Waals surface area contributed by atoms with Crippen LogP contribution in [0, 0.1) is 0 Å². The quantitative estimate of drug-likeness (QED) is 0.267. The van der Waals surface area contributed by atoms with Gasteiger partial charge in [-0.05, 0) is 17.7 Å². The Morgan fingerprint density at radius 2 is 2.12 bits per heavy atom. The van der Waals surface area contributed by atoms with E-state index in [9.17, 15) is 9.59 Å². The molecular formula is C9H16N4O3S. The molecule has 0 aromatic rings. The van der Waals surface area contributed by atoms with Crippen LogP contribution in [0.5, 0.6) is 0 Å². The molecule has 96 valence electrons. The fourth-order valence-electron chi connectivity index (χ4n) is 0.975. The fraction of sp³-hybridized carbons (Fsp3) is 0.778. The van der Waals surface area contributed by atoms with Crippen molar-refractivity contribution in [3.63, 3.8) is 0 Å². The van der Waals surface area contributed by atoms with Crippen LogP contribution in [0.25, 0.3) is 10.4 Å². The van der Waals surface area contributed by atoms with Crippen molar-refractivity contribution in [2.75, 3.05) is 24.6 Å². The summed E-state index contributed by atoms with van der Waals surface area (Å²) in [5.41, 5.74) is 8.00. The molecule has 0 radical (unpaired) electrons. The molecule has 0 bridgehead atoms. The largest absolute Gasteiger partial charge is 0.481 e. The Hall–Kier alpha value is -1.40. The van der Waals surface area contributed by atoms with E-state index in [4.69, 9.17) is 10.6 Å². The van der Waals surface area contributed by atoms with Gasteiger partial charge in [0.05, 0.1) is 6.42 Å². The monoisotopic (exact) mass is 260 g/mol. The van der Waals surface area contributed by atoms with Gasteiger partial charge in [0.2, 0.25) is 5.91 Å². The van der Waals surface area contributed by atoms with Gasteiger partial charge in [0.25, 0.3) is 0 Å². The van der Waals surface area contributed by atoms with Gasteiger partial charge in [0.15, 0.2) is 0 Å². The average Bonchev–Trinajstić information content (AvgIpc) is 2.29. The van der Waals surface area contributed by atoms with Gasteiger partial charge in [-0.25, -0.2) is 0 Å². The van der Waals surface area contributed by atoms with Crippen LogP contribution in [0.15, 0.2) is 5.11 Å². The lowest BCUT2D eigenvalue weighted by Crippen LogP contribution is -2.25. The van der Waals surface area contributed by atoms with Gasteiger partial charge in [-0.1, -0.05) is 5.11 Å². The molecule has 8 heteroatoms. The summed E-state index contributed by atoms with van der Waals surface area (Å²) in [5, 5.41) is 14.3. The number of amides is 1. The number of nitrogens with zero attached hydrogens (tertiary/aromatic N) is 3. The Labute approximate surface area is 104 Å². The van der Waals surface area contributed by atoms with Crippen LogP contribution in [0.1, 0.15) is 19.3 Å². The first kappa shape index (κ1) is 15.6. The molecule has 0 aromatic carbocycles. The second kappa shape index (κ2) is 11.1. The van der Waals surface area contributed by atoms with Crippen LogP contribution >= 0.6 is 11.8 Å². The lowest BCUT2D eigenvalue weighted by atomic mass is 10.3. The third-order valence-electron chi connectivity index (χ3n) is 1.75. The van der Waals surface area contributed by atoms with E-state index >= 15 is 0 Å². The van der Waals surface area contributed by atoms with E-state index in [1.807, 2.05) is 0 Å². The summed E-state index contributed by atoms with van der Waals surface area (Å²) in [6, 6.07) is 0. The molecule has 0 unspecified atom stereocenters. The van der Waals surface area contributed by atoms with Crippen molar-refractivity contribution in [2.45, 2.75) is 19.3 Å². The minimum absolute atomic E-state index is 0.0722. The van der Waals surface area contributed by atoms with E-state index < -0.39 is 5.97 Å². The van der Waals surface area contributed by atoms with Gasteiger partial charge in [-0.15, -0.1) is 0 Å². The molecule has 0 saturated heterocycles. The summed E-state index contributed by atoms with van der Waals surface area (Å²) in [5.74, 6) is 0.482. The molecule has 1 amide bonds. The van der Waals surface area contributed by atoms with Gasteiger partial charge in [-0.3, -0.25) is 9.59 Å². The molecule has 0 spiro atoms. The number of carboxylic acids is 1. The van der Waals surface area contributed by atoms with Crippen LogP contribution in [0.4, 0.5) is 0 Å². The molecule has 0 aliphatic rings. The molecule has 0 fully saturated rings. The Morgan fingerprint density at radius 1 is 1.35 bits per heavy atom. The summed E-state index contributed by atoms with van der Waals surface area (Å²) < 4.78 is 0. The number of aliphatic carboxylic acids is 1. The molecule has 0 aromatic heterocycles. The smallest absolute Gasteiger partial charge is 0.304 e. The fourth-order valence-corrected chi connectivity index (χ4v) is 1.85. The van der Waals surface area contributed by atoms with Crippen molar-refractivity contribution in [2.24, 2.45) is 5.11 Å². The standard InChI is InChI=1S/C9H16N4O3S/c10-13-12-5-4-11-8(14)2-1-6-17-7-3-9(15)16/h1-7H2,(H,11,14)(H,15,16). The predicted molar refractivity (Wildman–Crippen MR) is 65.8 cm³/mol. The highest BCUT2D eigenvalue weighted by Gasteiger charge is 2.01. The second-order valence-electron chi connectivity index (χ2n) is 3.16. The highest BCUT2D eigenvalue weighted by molar-refractivity contribution is 7.99. The topological polar surface area (TPSA) is 115 Å². The molecule has 7 nitrogen and oxygen atoms in total. The van der Waals surface area contributed by atoms with Crippen LogP contribution < -0.4 is 5.32 Å². The molecule has 0 rings (SSSR count). The van der Waals surface area contributed by atoms with E-state index in [2.05, 4.69) is 15.3 Å². The number of hydrogen-bond donors (Lipinski definition) is 2. The number of carbonyl (C=O) groups is 2. The normalized spacial score (nSPS) is 9.41. The van der Waals surface area contributed by atoms with Crippen molar-refractivity contribution in [3.05, 3.63) is 10.4 Å². The van der Waals surface area contributed by atoms with Crippen molar-refractivity contribution < 1.29 is 14.7 Å². The number of azide groups is 1. The highest BCUT2D eigenvalue weighted by Crippen LogP contribution is 2.06. The zero-order chi connectivity index (χ0) is 12.9. The summed E-state index contributed by atoms with van der Waals surface area (Å²) in [6.07, 6.45) is 1.29. The van der Waals surface area contributed by atoms with Crippen LogP contribution in [0.3, 0.4) is 0 Å². The average molecular weight is 260 g/mol. The minimum Gasteiger partial charge on any atom is -0.481 e. The molecule has 0 atom stereocenters. The maximum absolute atomic E-state index is 11.2. The first-order chi connectivity index (χ1) is 8.16. The lowest BCUT2D eigenvalue weighted by Gasteiger charge is -2.02. The predicted octanol–water partition coefficient (Wildman–Crippen LogP) is 1.40. The van der Waals surface area contributed by atoms with E-state index in [0.29, 0.717) is 18.7 Å². The Balaban J connectivity index is 3.27. The third-order valence-corrected chi connectivity index (χ3v) is 2.82. The van der Waals surface area contributed by atoms with Crippen molar-refractivity contribution in [1.29, 1.82) is 0 Å². The van der Waals surface area contributed by atoms with Crippen LogP contribution in [-0.4, -0.2) is 41.6 Å².